The Bertz CT molecular complexity index is 728. The van der Waals surface area contributed by atoms with E-state index in [-0.39, 0.29) is 11.9 Å². The molecule has 0 spiro atoms. The van der Waals surface area contributed by atoms with Crippen LogP contribution in [-0.4, -0.2) is 35.6 Å². The van der Waals surface area contributed by atoms with Crippen molar-refractivity contribution in [3.8, 4) is 5.75 Å². The molecule has 0 saturated carbocycles. The van der Waals surface area contributed by atoms with E-state index in [9.17, 15) is 4.79 Å². The van der Waals surface area contributed by atoms with Gasteiger partial charge < -0.3 is 15.4 Å². The molecule has 5 heteroatoms. The zero-order valence-electron chi connectivity index (χ0n) is 15.5. The highest BCUT2D eigenvalue weighted by Gasteiger charge is 2.32. The van der Waals surface area contributed by atoms with Crippen LogP contribution in [0.5, 0.6) is 5.75 Å². The number of nitrogens with one attached hydrogen (secondary N) is 2. The quantitative estimate of drug-likeness (QED) is 0.830. The molecule has 0 radical (unpaired) electrons. The first-order valence-corrected chi connectivity index (χ1v) is 8.93. The zero-order valence-corrected chi connectivity index (χ0v) is 15.5. The number of nitrogens with zero attached hydrogens (tertiary/aromatic N) is 1. The average molecular weight is 341 g/mol. The van der Waals surface area contributed by atoms with Crippen molar-refractivity contribution in [2.45, 2.75) is 52.2 Å². The van der Waals surface area contributed by atoms with Gasteiger partial charge in [-0.1, -0.05) is 0 Å². The Labute approximate surface area is 149 Å². The molecule has 25 heavy (non-hydrogen) atoms. The van der Waals surface area contributed by atoms with Gasteiger partial charge in [-0.3, -0.25) is 9.78 Å². The van der Waals surface area contributed by atoms with E-state index in [0.29, 0.717) is 5.57 Å². The van der Waals surface area contributed by atoms with E-state index in [1.165, 1.54) is 0 Å². The van der Waals surface area contributed by atoms with Crippen molar-refractivity contribution >= 4 is 11.5 Å². The van der Waals surface area contributed by atoms with Gasteiger partial charge >= 0.3 is 0 Å². The summed E-state index contributed by atoms with van der Waals surface area (Å²) >= 11 is 0. The summed E-state index contributed by atoms with van der Waals surface area (Å²) in [7, 11) is 0. The summed E-state index contributed by atoms with van der Waals surface area (Å²) in [6, 6.07) is 2.22. The standard InChI is InChI=1S/C20H27N3O2/c1-13(19(24)23-15-5-8-21-9-6-15)11-17-14(2)16-7-10-22-12-18(16)25-20(17,3)4/h7,10-12,15,21H,5-6,8-9H2,1-4H3,(H,23,24)/b13-11+. The molecule has 0 aliphatic carbocycles. The van der Waals surface area contributed by atoms with Gasteiger partial charge in [0.05, 0.1) is 6.20 Å². The number of allylic oxidation sites excluding steroid dienone is 1. The molecule has 1 aromatic heterocycles. The lowest BCUT2D eigenvalue weighted by atomic mass is 9.86. The second kappa shape index (κ2) is 7.00. The van der Waals surface area contributed by atoms with Crippen molar-refractivity contribution in [2.75, 3.05) is 13.1 Å². The molecular weight excluding hydrogens is 314 g/mol. The minimum Gasteiger partial charge on any atom is -0.481 e. The van der Waals surface area contributed by atoms with Crippen LogP contribution in [0.2, 0.25) is 0 Å². The van der Waals surface area contributed by atoms with Gasteiger partial charge in [-0.15, -0.1) is 0 Å². The van der Waals surface area contributed by atoms with Crippen LogP contribution in [0, 0.1) is 0 Å². The SMILES string of the molecule is CC1=C(/C=C(\C)C(=O)NC2CCNCC2)C(C)(C)Oc2cnccc21. The number of fused-ring (bicyclic) bond motifs is 1. The second-order valence-electron chi connectivity index (χ2n) is 7.35. The summed E-state index contributed by atoms with van der Waals surface area (Å²) in [6.07, 6.45) is 7.44. The molecule has 3 rings (SSSR count). The van der Waals surface area contributed by atoms with E-state index < -0.39 is 5.60 Å². The van der Waals surface area contributed by atoms with Crippen LogP contribution in [-0.2, 0) is 4.79 Å². The molecular formula is C20H27N3O2. The molecule has 2 N–H and O–H groups in total. The summed E-state index contributed by atoms with van der Waals surface area (Å²) in [5.74, 6) is 0.794. The largest absolute Gasteiger partial charge is 0.481 e. The van der Waals surface area contributed by atoms with Gasteiger partial charge in [-0.2, -0.15) is 0 Å². The zero-order chi connectivity index (χ0) is 18.0. The van der Waals surface area contributed by atoms with E-state index in [1.54, 1.807) is 12.4 Å². The Morgan fingerprint density at radius 1 is 1.40 bits per heavy atom. The van der Waals surface area contributed by atoms with E-state index in [4.69, 9.17) is 4.74 Å². The fourth-order valence-electron chi connectivity index (χ4n) is 3.53. The third kappa shape index (κ3) is 3.76. The molecule has 0 aromatic carbocycles. The van der Waals surface area contributed by atoms with Crippen molar-refractivity contribution in [3.05, 3.63) is 41.2 Å². The lowest BCUT2D eigenvalue weighted by Crippen LogP contribution is -2.43. The summed E-state index contributed by atoms with van der Waals surface area (Å²) in [6.45, 7) is 9.92. The Balaban J connectivity index is 1.85. The van der Waals surface area contributed by atoms with E-state index >= 15 is 0 Å². The number of hydrogen-bond donors (Lipinski definition) is 2. The molecule has 2 aliphatic rings. The molecule has 1 saturated heterocycles. The van der Waals surface area contributed by atoms with Crippen LogP contribution < -0.4 is 15.4 Å². The molecule has 3 heterocycles. The van der Waals surface area contributed by atoms with Crippen LogP contribution in [0.3, 0.4) is 0 Å². The van der Waals surface area contributed by atoms with E-state index in [1.807, 2.05) is 32.9 Å². The van der Waals surface area contributed by atoms with Crippen LogP contribution >= 0.6 is 0 Å². The molecule has 0 atom stereocenters. The molecule has 5 nitrogen and oxygen atoms in total. The van der Waals surface area contributed by atoms with Gasteiger partial charge in [0.1, 0.15) is 11.4 Å². The van der Waals surface area contributed by atoms with Gasteiger partial charge in [0.2, 0.25) is 5.91 Å². The lowest BCUT2D eigenvalue weighted by Gasteiger charge is -2.35. The number of carbonyl (C=O) groups is 1. The smallest absolute Gasteiger partial charge is 0.247 e. The lowest BCUT2D eigenvalue weighted by molar-refractivity contribution is -0.118. The predicted molar refractivity (Wildman–Crippen MR) is 99.3 cm³/mol. The van der Waals surface area contributed by atoms with Gasteiger partial charge in [0.25, 0.3) is 0 Å². The Morgan fingerprint density at radius 2 is 2.12 bits per heavy atom. The number of carbonyl (C=O) groups excluding carboxylic acids is 1. The van der Waals surface area contributed by atoms with Crippen molar-refractivity contribution in [2.24, 2.45) is 0 Å². The van der Waals surface area contributed by atoms with Crippen molar-refractivity contribution in [1.82, 2.24) is 15.6 Å². The van der Waals surface area contributed by atoms with E-state index in [0.717, 1.165) is 48.4 Å². The molecule has 2 aliphatic heterocycles. The summed E-state index contributed by atoms with van der Waals surface area (Å²) in [5.41, 5.74) is 3.40. The summed E-state index contributed by atoms with van der Waals surface area (Å²) < 4.78 is 6.13. The number of piperidine rings is 1. The normalized spacial score (nSPS) is 20.7. The molecule has 1 aromatic rings. The third-order valence-electron chi connectivity index (χ3n) is 5.00. The van der Waals surface area contributed by atoms with Crippen molar-refractivity contribution < 1.29 is 9.53 Å². The van der Waals surface area contributed by atoms with Gasteiger partial charge in [0, 0.05) is 23.4 Å². The van der Waals surface area contributed by atoms with Crippen LogP contribution in [0.1, 0.15) is 46.1 Å². The first-order valence-electron chi connectivity index (χ1n) is 8.93. The highest BCUT2D eigenvalue weighted by atomic mass is 16.5. The minimum atomic E-state index is -0.504. The number of hydrogen-bond acceptors (Lipinski definition) is 4. The number of pyridine rings is 1. The average Bonchev–Trinajstić information content (AvgIpc) is 2.59. The molecule has 1 fully saturated rings. The van der Waals surface area contributed by atoms with Gasteiger partial charge in [-0.05, 0) is 76.9 Å². The monoisotopic (exact) mass is 341 g/mol. The molecule has 0 bridgehead atoms. The van der Waals surface area contributed by atoms with Gasteiger partial charge in [-0.25, -0.2) is 0 Å². The highest BCUT2D eigenvalue weighted by Crippen LogP contribution is 2.40. The second-order valence-corrected chi connectivity index (χ2v) is 7.35. The van der Waals surface area contributed by atoms with Gasteiger partial charge in [0.15, 0.2) is 0 Å². The fourth-order valence-corrected chi connectivity index (χ4v) is 3.53. The molecule has 134 valence electrons. The number of ether oxygens (including phenoxy) is 1. The first-order chi connectivity index (χ1) is 11.9. The maximum atomic E-state index is 12.6. The number of aromatic nitrogens is 1. The maximum absolute atomic E-state index is 12.6. The first kappa shape index (κ1) is 17.7. The minimum absolute atomic E-state index is 0.00326. The maximum Gasteiger partial charge on any atom is 0.247 e. The number of amides is 1. The topological polar surface area (TPSA) is 63.2 Å². The molecule has 1 amide bonds. The molecule has 0 unspecified atom stereocenters. The van der Waals surface area contributed by atoms with E-state index in [2.05, 4.69) is 22.5 Å². The Kier molecular flexibility index (Phi) is 4.95. The highest BCUT2D eigenvalue weighted by molar-refractivity contribution is 5.94. The van der Waals surface area contributed by atoms with Crippen LogP contribution in [0.15, 0.2) is 35.7 Å². The van der Waals surface area contributed by atoms with Crippen LogP contribution in [0.4, 0.5) is 0 Å². The summed E-state index contributed by atoms with van der Waals surface area (Å²) in [5, 5.41) is 6.46. The predicted octanol–water partition coefficient (Wildman–Crippen LogP) is 2.84. The third-order valence-corrected chi connectivity index (χ3v) is 5.00. The summed E-state index contributed by atoms with van der Waals surface area (Å²) in [4.78, 5) is 16.7. The Morgan fingerprint density at radius 3 is 2.84 bits per heavy atom. The number of rotatable bonds is 3. The van der Waals surface area contributed by atoms with Crippen molar-refractivity contribution in [3.63, 3.8) is 0 Å². The van der Waals surface area contributed by atoms with Crippen molar-refractivity contribution in [1.29, 1.82) is 0 Å². The van der Waals surface area contributed by atoms with Crippen LogP contribution in [0.25, 0.3) is 5.57 Å². The fraction of sp³-hybridized carbons (Fsp3) is 0.500. The Hall–Kier alpha value is -2.14.